The minimum atomic E-state index is 0.298. The fraction of sp³-hybridized carbons (Fsp3) is 0.500. The summed E-state index contributed by atoms with van der Waals surface area (Å²) in [7, 11) is 0. The highest BCUT2D eigenvalue weighted by atomic mass is 79.9. The van der Waals surface area contributed by atoms with Crippen molar-refractivity contribution in [2.45, 2.75) is 32.6 Å². The molecule has 1 aromatic carbocycles. The average molecular weight is 281 g/mol. The SMILES string of the molecule is CC1CCCC1C(=O)Cc1ccccc1Br. The van der Waals surface area contributed by atoms with E-state index in [0.717, 1.165) is 16.5 Å². The summed E-state index contributed by atoms with van der Waals surface area (Å²) in [5, 5.41) is 0. The van der Waals surface area contributed by atoms with E-state index in [-0.39, 0.29) is 0 Å². The van der Waals surface area contributed by atoms with Crippen LogP contribution in [0.15, 0.2) is 28.7 Å². The lowest BCUT2D eigenvalue weighted by atomic mass is 9.90. The van der Waals surface area contributed by atoms with E-state index < -0.39 is 0 Å². The van der Waals surface area contributed by atoms with E-state index in [1.807, 2.05) is 24.3 Å². The number of halogens is 1. The van der Waals surface area contributed by atoms with Crippen LogP contribution in [0.2, 0.25) is 0 Å². The summed E-state index contributed by atoms with van der Waals surface area (Å²) in [5.41, 5.74) is 1.12. The molecule has 0 aromatic heterocycles. The van der Waals surface area contributed by atoms with Crippen molar-refractivity contribution in [3.63, 3.8) is 0 Å². The average Bonchev–Trinajstić information content (AvgIpc) is 2.68. The lowest BCUT2D eigenvalue weighted by Gasteiger charge is -2.14. The topological polar surface area (TPSA) is 17.1 Å². The molecule has 0 amide bonds. The molecule has 1 nitrogen and oxygen atoms in total. The number of benzene rings is 1. The molecule has 0 saturated heterocycles. The van der Waals surface area contributed by atoms with Gasteiger partial charge in [-0.25, -0.2) is 0 Å². The maximum atomic E-state index is 12.2. The van der Waals surface area contributed by atoms with Crippen LogP contribution in [0.4, 0.5) is 0 Å². The van der Waals surface area contributed by atoms with Gasteiger partial charge in [0, 0.05) is 16.8 Å². The van der Waals surface area contributed by atoms with Crippen LogP contribution in [-0.2, 0) is 11.2 Å². The van der Waals surface area contributed by atoms with Crippen LogP contribution < -0.4 is 0 Å². The molecule has 0 aliphatic heterocycles. The van der Waals surface area contributed by atoms with Gasteiger partial charge in [-0.1, -0.05) is 47.5 Å². The highest BCUT2D eigenvalue weighted by Crippen LogP contribution is 2.33. The van der Waals surface area contributed by atoms with Crippen molar-refractivity contribution in [2.24, 2.45) is 11.8 Å². The molecule has 1 saturated carbocycles. The van der Waals surface area contributed by atoms with E-state index in [2.05, 4.69) is 22.9 Å². The van der Waals surface area contributed by atoms with E-state index in [1.165, 1.54) is 12.8 Å². The predicted molar refractivity (Wildman–Crippen MR) is 69.4 cm³/mol. The third kappa shape index (κ3) is 2.54. The largest absolute Gasteiger partial charge is 0.299 e. The Kier molecular flexibility index (Phi) is 3.80. The molecule has 1 aliphatic rings. The van der Waals surface area contributed by atoms with Gasteiger partial charge in [-0.3, -0.25) is 4.79 Å². The Bertz CT molecular complexity index is 386. The molecule has 0 radical (unpaired) electrons. The molecule has 0 spiro atoms. The smallest absolute Gasteiger partial charge is 0.140 e. The maximum absolute atomic E-state index is 12.2. The molecule has 2 rings (SSSR count). The first-order valence-corrected chi connectivity index (χ1v) is 6.74. The Morgan fingerprint density at radius 2 is 2.12 bits per heavy atom. The first kappa shape index (κ1) is 11.8. The second kappa shape index (κ2) is 5.13. The van der Waals surface area contributed by atoms with Crippen molar-refractivity contribution >= 4 is 21.7 Å². The van der Waals surface area contributed by atoms with Gasteiger partial charge >= 0.3 is 0 Å². The van der Waals surface area contributed by atoms with Crippen molar-refractivity contribution in [2.75, 3.05) is 0 Å². The fourth-order valence-corrected chi connectivity index (χ4v) is 3.01. The van der Waals surface area contributed by atoms with Crippen molar-refractivity contribution < 1.29 is 4.79 Å². The minimum absolute atomic E-state index is 0.298. The number of carbonyl (C=O) groups is 1. The van der Waals surface area contributed by atoms with E-state index in [4.69, 9.17) is 0 Å². The zero-order valence-electron chi connectivity index (χ0n) is 9.58. The van der Waals surface area contributed by atoms with E-state index in [0.29, 0.717) is 24.0 Å². The van der Waals surface area contributed by atoms with Crippen molar-refractivity contribution in [1.82, 2.24) is 0 Å². The van der Waals surface area contributed by atoms with Gasteiger partial charge in [0.2, 0.25) is 0 Å². The van der Waals surface area contributed by atoms with Crippen LogP contribution in [0.25, 0.3) is 0 Å². The molecule has 2 atom stereocenters. The number of hydrogen-bond acceptors (Lipinski definition) is 1. The summed E-state index contributed by atoms with van der Waals surface area (Å²) in [5.74, 6) is 1.29. The predicted octanol–water partition coefficient (Wildman–Crippen LogP) is 4.00. The normalized spacial score (nSPS) is 24.6. The summed E-state index contributed by atoms with van der Waals surface area (Å²) in [6, 6.07) is 8.00. The van der Waals surface area contributed by atoms with E-state index in [1.54, 1.807) is 0 Å². The number of carbonyl (C=O) groups excluding carboxylic acids is 1. The highest BCUT2D eigenvalue weighted by Gasteiger charge is 2.29. The number of rotatable bonds is 3. The first-order chi connectivity index (χ1) is 7.68. The molecule has 2 heteroatoms. The van der Waals surface area contributed by atoms with Crippen LogP contribution in [-0.4, -0.2) is 5.78 Å². The van der Waals surface area contributed by atoms with Gasteiger partial charge < -0.3 is 0 Å². The molecule has 86 valence electrons. The molecule has 0 N–H and O–H groups in total. The van der Waals surface area contributed by atoms with Crippen molar-refractivity contribution in [1.29, 1.82) is 0 Å². The Balaban J connectivity index is 2.05. The Morgan fingerprint density at radius 3 is 2.75 bits per heavy atom. The Hall–Kier alpha value is -0.630. The summed E-state index contributed by atoms with van der Waals surface area (Å²) in [4.78, 5) is 12.2. The molecule has 1 fully saturated rings. The van der Waals surface area contributed by atoms with Gasteiger partial charge in [-0.15, -0.1) is 0 Å². The van der Waals surface area contributed by atoms with Gasteiger partial charge in [-0.2, -0.15) is 0 Å². The van der Waals surface area contributed by atoms with E-state index >= 15 is 0 Å². The number of Topliss-reactive ketones (excluding diaryl/α,β-unsaturated/α-hetero) is 1. The summed E-state index contributed by atoms with van der Waals surface area (Å²) in [6.07, 6.45) is 4.10. The molecule has 0 heterocycles. The molecular weight excluding hydrogens is 264 g/mol. The van der Waals surface area contributed by atoms with Crippen LogP contribution in [0.3, 0.4) is 0 Å². The third-order valence-electron chi connectivity index (χ3n) is 3.60. The molecular formula is C14H17BrO. The molecule has 1 aromatic rings. The molecule has 16 heavy (non-hydrogen) atoms. The van der Waals surface area contributed by atoms with Gasteiger partial charge in [-0.05, 0) is 30.4 Å². The Labute approximate surface area is 105 Å². The zero-order valence-corrected chi connectivity index (χ0v) is 11.2. The summed E-state index contributed by atoms with van der Waals surface area (Å²) < 4.78 is 1.05. The lowest BCUT2D eigenvalue weighted by Crippen LogP contribution is -2.19. The van der Waals surface area contributed by atoms with Crippen LogP contribution in [0.5, 0.6) is 0 Å². The van der Waals surface area contributed by atoms with Crippen LogP contribution in [0, 0.1) is 11.8 Å². The maximum Gasteiger partial charge on any atom is 0.140 e. The number of hydrogen-bond donors (Lipinski definition) is 0. The fourth-order valence-electron chi connectivity index (χ4n) is 2.58. The second-order valence-electron chi connectivity index (χ2n) is 4.75. The molecule has 2 unspecified atom stereocenters. The summed E-state index contributed by atoms with van der Waals surface area (Å²) >= 11 is 3.50. The Morgan fingerprint density at radius 1 is 1.38 bits per heavy atom. The second-order valence-corrected chi connectivity index (χ2v) is 5.60. The number of ketones is 1. The highest BCUT2D eigenvalue weighted by molar-refractivity contribution is 9.10. The van der Waals surface area contributed by atoms with Crippen molar-refractivity contribution in [3.05, 3.63) is 34.3 Å². The summed E-state index contributed by atoms with van der Waals surface area (Å²) in [6.45, 7) is 2.20. The monoisotopic (exact) mass is 280 g/mol. The quantitative estimate of drug-likeness (QED) is 0.818. The molecule has 1 aliphatic carbocycles. The standard InChI is InChI=1S/C14H17BrO/c1-10-5-4-7-12(10)14(16)9-11-6-2-3-8-13(11)15/h2-3,6,8,10,12H,4-5,7,9H2,1H3. The van der Waals surface area contributed by atoms with Crippen LogP contribution in [0.1, 0.15) is 31.7 Å². The molecule has 0 bridgehead atoms. The minimum Gasteiger partial charge on any atom is -0.299 e. The van der Waals surface area contributed by atoms with Crippen LogP contribution >= 0.6 is 15.9 Å². The van der Waals surface area contributed by atoms with Gasteiger partial charge in [0.05, 0.1) is 0 Å². The van der Waals surface area contributed by atoms with Crippen molar-refractivity contribution in [3.8, 4) is 0 Å². The van der Waals surface area contributed by atoms with Gasteiger partial charge in [0.1, 0.15) is 5.78 Å². The zero-order chi connectivity index (χ0) is 11.5. The van der Waals surface area contributed by atoms with Gasteiger partial charge in [0.25, 0.3) is 0 Å². The lowest BCUT2D eigenvalue weighted by molar-refractivity contribution is -0.123. The van der Waals surface area contributed by atoms with E-state index in [9.17, 15) is 4.79 Å². The van der Waals surface area contributed by atoms with Gasteiger partial charge in [0.15, 0.2) is 0 Å². The third-order valence-corrected chi connectivity index (χ3v) is 4.37. The first-order valence-electron chi connectivity index (χ1n) is 5.94.